The van der Waals surface area contributed by atoms with Crippen molar-refractivity contribution >= 4 is 5.91 Å². The molecule has 6 heteroatoms. The van der Waals surface area contributed by atoms with Gasteiger partial charge in [-0.25, -0.2) is 9.97 Å². The number of nitrogens with zero attached hydrogens (tertiary/aromatic N) is 3. The van der Waals surface area contributed by atoms with Crippen molar-refractivity contribution in [3.63, 3.8) is 0 Å². The van der Waals surface area contributed by atoms with Crippen LogP contribution in [0.5, 0.6) is 0 Å². The van der Waals surface area contributed by atoms with Crippen LogP contribution in [0.15, 0.2) is 6.20 Å². The van der Waals surface area contributed by atoms with Gasteiger partial charge in [-0.2, -0.15) is 0 Å². The zero-order valence-electron chi connectivity index (χ0n) is 15.8. The molecule has 1 saturated carbocycles. The number of piperidine rings is 1. The fourth-order valence-corrected chi connectivity index (χ4v) is 4.53. The first kappa shape index (κ1) is 17.9. The average molecular weight is 359 g/mol. The van der Waals surface area contributed by atoms with E-state index < -0.39 is 5.60 Å². The summed E-state index contributed by atoms with van der Waals surface area (Å²) in [6.07, 6.45) is 6.45. The second-order valence-corrected chi connectivity index (χ2v) is 8.28. The maximum atomic E-state index is 13.0. The third kappa shape index (κ3) is 3.25. The van der Waals surface area contributed by atoms with Gasteiger partial charge in [0.2, 0.25) is 0 Å². The first-order valence-electron chi connectivity index (χ1n) is 9.92. The largest absolute Gasteiger partial charge is 0.389 e. The van der Waals surface area contributed by atoms with Crippen molar-refractivity contribution in [1.82, 2.24) is 14.9 Å². The number of likely N-dealkylation sites (tertiary alicyclic amines) is 1. The lowest BCUT2D eigenvalue weighted by molar-refractivity contribution is -0.125. The molecular formula is C20H29N3O3. The topological polar surface area (TPSA) is 75.6 Å². The molecule has 142 valence electrons. The van der Waals surface area contributed by atoms with E-state index in [1.165, 1.54) is 0 Å². The zero-order chi connectivity index (χ0) is 18.3. The molecule has 6 nitrogen and oxygen atoms in total. The van der Waals surface area contributed by atoms with Gasteiger partial charge in [0.05, 0.1) is 16.9 Å². The van der Waals surface area contributed by atoms with Crippen LogP contribution in [-0.2, 0) is 4.74 Å². The maximum Gasteiger partial charge on any atom is 0.257 e. The molecule has 0 bridgehead atoms. The third-order valence-electron chi connectivity index (χ3n) is 6.52. The summed E-state index contributed by atoms with van der Waals surface area (Å²) >= 11 is 0. The lowest BCUT2D eigenvalue weighted by Crippen LogP contribution is -2.57. The van der Waals surface area contributed by atoms with Gasteiger partial charge in [-0.3, -0.25) is 4.79 Å². The number of aromatic nitrogens is 2. The average Bonchev–Trinajstić information content (AvgIpc) is 3.49. The second-order valence-electron chi connectivity index (χ2n) is 8.28. The van der Waals surface area contributed by atoms with E-state index in [4.69, 9.17) is 4.74 Å². The van der Waals surface area contributed by atoms with Gasteiger partial charge >= 0.3 is 0 Å². The molecule has 0 aromatic carbocycles. The molecule has 1 amide bonds. The monoisotopic (exact) mass is 359 g/mol. The number of hydrogen-bond acceptors (Lipinski definition) is 5. The molecule has 3 heterocycles. The Balaban J connectivity index is 1.45. The van der Waals surface area contributed by atoms with Crippen LogP contribution < -0.4 is 0 Å². The van der Waals surface area contributed by atoms with E-state index in [9.17, 15) is 9.90 Å². The Kier molecular flexibility index (Phi) is 4.73. The summed E-state index contributed by atoms with van der Waals surface area (Å²) in [5.74, 6) is 1.68. The summed E-state index contributed by atoms with van der Waals surface area (Å²) < 4.78 is 5.44. The van der Waals surface area contributed by atoms with E-state index in [0.29, 0.717) is 31.0 Å². The number of amides is 1. The third-order valence-corrected chi connectivity index (χ3v) is 6.52. The Bertz CT molecular complexity index is 685. The SMILES string of the molecule is Cc1nc(C2CC2)ncc1C(=O)N1CC[C@@](O)(C2CCOCC2)[C@H](C)C1. The summed E-state index contributed by atoms with van der Waals surface area (Å²) in [5, 5.41) is 11.3. The summed E-state index contributed by atoms with van der Waals surface area (Å²) in [7, 11) is 0. The standard InChI is InChI=1S/C20H29N3O3/c1-13-12-23(8-7-20(13,25)16-5-9-26-10-6-16)19(24)17-11-21-18(15-3-4-15)22-14(17)2/h11,13,15-16,25H,3-10,12H2,1-2H3/t13-,20+/m1/s1. The molecule has 3 aliphatic rings. The van der Waals surface area contributed by atoms with Crippen LogP contribution in [0.2, 0.25) is 0 Å². The highest BCUT2D eigenvalue weighted by molar-refractivity contribution is 5.95. The van der Waals surface area contributed by atoms with Gasteiger partial charge in [-0.15, -0.1) is 0 Å². The smallest absolute Gasteiger partial charge is 0.257 e. The highest BCUT2D eigenvalue weighted by Crippen LogP contribution is 2.40. The molecule has 4 rings (SSSR count). The molecule has 2 aliphatic heterocycles. The van der Waals surface area contributed by atoms with Crippen molar-refractivity contribution < 1.29 is 14.6 Å². The summed E-state index contributed by atoms with van der Waals surface area (Å²) in [6, 6.07) is 0. The molecule has 1 aromatic rings. The Morgan fingerprint density at radius 2 is 2.04 bits per heavy atom. The number of hydrogen-bond donors (Lipinski definition) is 1. The van der Waals surface area contributed by atoms with Gasteiger partial charge in [0.25, 0.3) is 5.91 Å². The van der Waals surface area contributed by atoms with Crippen molar-refractivity contribution in [1.29, 1.82) is 0 Å². The quantitative estimate of drug-likeness (QED) is 0.896. The van der Waals surface area contributed by atoms with Crippen molar-refractivity contribution in [3.05, 3.63) is 23.3 Å². The molecule has 1 aliphatic carbocycles. The van der Waals surface area contributed by atoms with E-state index in [2.05, 4.69) is 16.9 Å². The molecule has 0 unspecified atom stereocenters. The number of carbonyl (C=O) groups is 1. The lowest BCUT2D eigenvalue weighted by atomic mass is 9.70. The maximum absolute atomic E-state index is 13.0. The first-order valence-corrected chi connectivity index (χ1v) is 9.92. The van der Waals surface area contributed by atoms with E-state index in [1.54, 1.807) is 6.20 Å². The molecule has 2 saturated heterocycles. The van der Waals surface area contributed by atoms with Crippen LogP contribution in [0.1, 0.15) is 66.8 Å². The molecule has 0 radical (unpaired) electrons. The lowest BCUT2D eigenvalue weighted by Gasteiger charge is -2.48. The summed E-state index contributed by atoms with van der Waals surface area (Å²) in [5.41, 5.74) is 0.671. The van der Waals surface area contributed by atoms with Crippen molar-refractivity contribution in [2.45, 2.75) is 57.5 Å². The fraction of sp³-hybridized carbons (Fsp3) is 0.750. The van der Waals surface area contributed by atoms with Gasteiger partial charge in [0.1, 0.15) is 5.82 Å². The minimum absolute atomic E-state index is 0.00859. The molecule has 2 atom stereocenters. The first-order chi connectivity index (χ1) is 12.5. The number of aliphatic hydroxyl groups is 1. The highest BCUT2D eigenvalue weighted by atomic mass is 16.5. The van der Waals surface area contributed by atoms with Gasteiger partial charge in [0.15, 0.2) is 0 Å². The molecule has 1 aromatic heterocycles. The summed E-state index contributed by atoms with van der Waals surface area (Å²) in [6.45, 7) is 6.58. The van der Waals surface area contributed by atoms with E-state index >= 15 is 0 Å². The number of ether oxygens (including phenoxy) is 1. The Morgan fingerprint density at radius 3 is 2.65 bits per heavy atom. The predicted octanol–water partition coefficient (Wildman–Crippen LogP) is 2.30. The molecular weight excluding hydrogens is 330 g/mol. The van der Waals surface area contributed by atoms with Crippen molar-refractivity contribution in [2.75, 3.05) is 26.3 Å². The second kappa shape index (κ2) is 6.89. The predicted molar refractivity (Wildman–Crippen MR) is 96.9 cm³/mol. The Labute approximate surface area is 155 Å². The molecule has 0 spiro atoms. The van der Waals surface area contributed by atoms with E-state index in [1.807, 2.05) is 11.8 Å². The van der Waals surface area contributed by atoms with Crippen LogP contribution in [0.4, 0.5) is 0 Å². The van der Waals surface area contributed by atoms with E-state index in [0.717, 1.165) is 50.4 Å². The summed E-state index contributed by atoms with van der Waals surface area (Å²) in [4.78, 5) is 23.8. The minimum atomic E-state index is -0.693. The van der Waals surface area contributed by atoms with Crippen LogP contribution in [0.3, 0.4) is 0 Å². The van der Waals surface area contributed by atoms with Gasteiger partial charge in [-0.05, 0) is 44.9 Å². The molecule has 3 fully saturated rings. The van der Waals surface area contributed by atoms with Crippen molar-refractivity contribution in [2.24, 2.45) is 11.8 Å². The fourth-order valence-electron chi connectivity index (χ4n) is 4.53. The van der Waals surface area contributed by atoms with Crippen LogP contribution in [-0.4, -0.2) is 57.8 Å². The van der Waals surface area contributed by atoms with Gasteiger partial charge in [0, 0.05) is 44.3 Å². The molecule has 1 N–H and O–H groups in total. The molecule has 26 heavy (non-hydrogen) atoms. The van der Waals surface area contributed by atoms with Gasteiger partial charge in [-0.1, -0.05) is 6.92 Å². The zero-order valence-corrected chi connectivity index (χ0v) is 15.8. The van der Waals surface area contributed by atoms with E-state index in [-0.39, 0.29) is 17.7 Å². The number of rotatable bonds is 3. The van der Waals surface area contributed by atoms with Crippen LogP contribution in [0.25, 0.3) is 0 Å². The Morgan fingerprint density at radius 1 is 1.31 bits per heavy atom. The Hall–Kier alpha value is -1.53. The number of carbonyl (C=O) groups excluding carboxylic acids is 1. The van der Waals surface area contributed by atoms with Crippen LogP contribution in [0, 0.1) is 18.8 Å². The minimum Gasteiger partial charge on any atom is -0.389 e. The van der Waals surface area contributed by atoms with Gasteiger partial charge < -0.3 is 14.7 Å². The highest BCUT2D eigenvalue weighted by Gasteiger charge is 2.46. The van der Waals surface area contributed by atoms with Crippen molar-refractivity contribution in [3.8, 4) is 0 Å². The van der Waals surface area contributed by atoms with Crippen LogP contribution >= 0.6 is 0 Å². The normalized spacial score (nSPS) is 30.4. The number of aryl methyl sites for hydroxylation is 1.